The number of nitrogens with two attached hydrogens (primary N) is 1. The largest absolute Gasteiger partial charge is 0.330 e. The van der Waals surface area contributed by atoms with Crippen LogP contribution in [0.2, 0.25) is 0 Å². The molecule has 0 saturated carbocycles. The van der Waals surface area contributed by atoms with E-state index in [9.17, 15) is 18.4 Å². The molecule has 6 heteroatoms. The highest BCUT2D eigenvalue weighted by atomic mass is 19.1. The highest BCUT2D eigenvalue weighted by molar-refractivity contribution is 6.52. The van der Waals surface area contributed by atoms with Crippen LogP contribution in [-0.4, -0.2) is 24.8 Å². The Morgan fingerprint density at radius 2 is 1.89 bits per heavy atom. The van der Waals surface area contributed by atoms with Gasteiger partial charge in [-0.2, -0.15) is 0 Å². The minimum atomic E-state index is -1.01. The van der Waals surface area contributed by atoms with Gasteiger partial charge >= 0.3 is 0 Å². The van der Waals surface area contributed by atoms with Crippen LogP contribution in [0.5, 0.6) is 0 Å². The number of anilines is 1. The summed E-state index contributed by atoms with van der Waals surface area (Å²) in [6.07, 6.45) is 0. The molecule has 1 aromatic rings. The molecule has 1 aromatic carbocycles. The van der Waals surface area contributed by atoms with Crippen molar-refractivity contribution in [3.05, 3.63) is 29.3 Å². The van der Waals surface area contributed by atoms with E-state index in [-0.39, 0.29) is 24.7 Å². The third-order valence-electron chi connectivity index (χ3n) is 2.91. The zero-order valence-corrected chi connectivity index (χ0v) is 9.74. The first-order valence-corrected chi connectivity index (χ1v) is 5.51. The van der Waals surface area contributed by atoms with Crippen molar-refractivity contribution < 1.29 is 18.4 Å². The lowest BCUT2D eigenvalue weighted by molar-refractivity contribution is -0.114. The van der Waals surface area contributed by atoms with Crippen molar-refractivity contribution in [1.82, 2.24) is 0 Å². The first-order valence-electron chi connectivity index (χ1n) is 5.51. The molecule has 0 bridgehead atoms. The van der Waals surface area contributed by atoms with Crippen LogP contribution in [-0.2, 0) is 4.79 Å². The number of ketones is 1. The molecule has 0 spiro atoms. The number of benzene rings is 1. The molecule has 2 N–H and O–H groups in total. The second-order valence-electron chi connectivity index (χ2n) is 4.34. The zero-order valence-electron chi connectivity index (χ0n) is 9.74. The molecule has 0 aromatic heterocycles. The highest BCUT2D eigenvalue weighted by Gasteiger charge is 2.40. The Balaban J connectivity index is 2.51. The average molecular weight is 254 g/mol. The van der Waals surface area contributed by atoms with Crippen LogP contribution >= 0.6 is 0 Å². The van der Waals surface area contributed by atoms with Crippen LogP contribution in [0, 0.1) is 17.6 Å². The molecule has 4 nitrogen and oxygen atoms in total. The lowest BCUT2D eigenvalue weighted by Crippen LogP contribution is -2.36. The zero-order chi connectivity index (χ0) is 13.4. The summed E-state index contributed by atoms with van der Waals surface area (Å²) in [5.41, 5.74) is 4.67. The molecule has 1 heterocycles. The summed E-state index contributed by atoms with van der Waals surface area (Å²) in [6.45, 7) is 2.13. The fraction of sp³-hybridized carbons (Fsp3) is 0.333. The van der Waals surface area contributed by atoms with E-state index in [1.165, 1.54) is 0 Å². The molecule has 0 saturated heterocycles. The molecule has 0 radical (unpaired) electrons. The van der Waals surface area contributed by atoms with E-state index in [0.717, 1.165) is 17.0 Å². The maximum absolute atomic E-state index is 13.7. The van der Waals surface area contributed by atoms with E-state index in [4.69, 9.17) is 5.73 Å². The quantitative estimate of drug-likeness (QED) is 0.821. The van der Waals surface area contributed by atoms with Crippen molar-refractivity contribution in [2.24, 2.45) is 11.7 Å². The maximum Gasteiger partial charge on any atom is 0.299 e. The lowest BCUT2D eigenvalue weighted by atomic mass is 10.1. The SMILES string of the molecule is CC(CN)CN1C(=O)C(=O)c2c(F)ccc(F)c21. The van der Waals surface area contributed by atoms with Gasteiger partial charge in [-0.1, -0.05) is 6.92 Å². The number of hydrogen-bond acceptors (Lipinski definition) is 3. The maximum atomic E-state index is 13.7. The van der Waals surface area contributed by atoms with Crippen molar-refractivity contribution in [3.8, 4) is 0 Å². The number of fused-ring (bicyclic) bond motifs is 1. The van der Waals surface area contributed by atoms with Crippen molar-refractivity contribution in [3.63, 3.8) is 0 Å². The summed E-state index contributed by atoms with van der Waals surface area (Å²) >= 11 is 0. The van der Waals surface area contributed by atoms with Crippen LogP contribution in [0.25, 0.3) is 0 Å². The molecule has 1 amide bonds. The molecule has 2 rings (SSSR count). The number of rotatable bonds is 3. The number of Topliss-reactive ketones (excluding diaryl/α,β-unsaturated/α-hetero) is 1. The number of hydrogen-bond donors (Lipinski definition) is 1. The second kappa shape index (κ2) is 4.45. The number of nitrogens with zero attached hydrogens (tertiary/aromatic N) is 1. The highest BCUT2D eigenvalue weighted by Crippen LogP contribution is 2.33. The van der Waals surface area contributed by atoms with Gasteiger partial charge in [-0.15, -0.1) is 0 Å². The molecule has 1 unspecified atom stereocenters. The van der Waals surface area contributed by atoms with Gasteiger partial charge in [-0.25, -0.2) is 8.78 Å². The van der Waals surface area contributed by atoms with Gasteiger partial charge in [0.2, 0.25) is 0 Å². The Kier molecular flexibility index (Phi) is 3.13. The molecule has 0 aliphatic carbocycles. The minimum Gasteiger partial charge on any atom is -0.330 e. The Bertz CT molecular complexity index is 531. The molecule has 96 valence electrons. The van der Waals surface area contributed by atoms with Gasteiger partial charge < -0.3 is 10.6 Å². The molecular formula is C12H12F2N2O2. The molecule has 1 aliphatic rings. The molecular weight excluding hydrogens is 242 g/mol. The van der Waals surface area contributed by atoms with Crippen LogP contribution in [0.4, 0.5) is 14.5 Å². The van der Waals surface area contributed by atoms with Gasteiger partial charge in [-0.05, 0) is 24.6 Å². The van der Waals surface area contributed by atoms with Gasteiger partial charge in [0.25, 0.3) is 11.7 Å². The summed E-state index contributed by atoms with van der Waals surface area (Å²) in [6, 6.07) is 1.75. The van der Waals surface area contributed by atoms with Crippen LogP contribution in [0.3, 0.4) is 0 Å². The molecule has 0 fully saturated rings. The predicted octanol–water partition coefficient (Wildman–Crippen LogP) is 1.09. The third-order valence-corrected chi connectivity index (χ3v) is 2.91. The van der Waals surface area contributed by atoms with Crippen LogP contribution in [0.15, 0.2) is 12.1 Å². The Morgan fingerprint density at radius 3 is 2.50 bits per heavy atom. The van der Waals surface area contributed by atoms with Crippen LogP contribution < -0.4 is 10.6 Å². The number of carbonyl (C=O) groups excluding carboxylic acids is 2. The minimum absolute atomic E-state index is 0.0917. The number of halogens is 2. The first kappa shape index (κ1) is 12.6. The van der Waals surface area contributed by atoms with E-state index in [1.807, 2.05) is 0 Å². The van der Waals surface area contributed by atoms with Crippen molar-refractivity contribution in [2.45, 2.75) is 6.92 Å². The Hall–Kier alpha value is -1.82. The fourth-order valence-corrected chi connectivity index (χ4v) is 1.91. The summed E-state index contributed by atoms with van der Waals surface area (Å²) in [7, 11) is 0. The topological polar surface area (TPSA) is 63.4 Å². The summed E-state index contributed by atoms with van der Waals surface area (Å²) in [5.74, 6) is -3.70. The van der Waals surface area contributed by atoms with E-state index in [2.05, 4.69) is 0 Å². The lowest BCUT2D eigenvalue weighted by Gasteiger charge is -2.20. The smallest absolute Gasteiger partial charge is 0.299 e. The van der Waals surface area contributed by atoms with Gasteiger partial charge in [0.05, 0.1) is 11.3 Å². The number of amides is 1. The second-order valence-corrected chi connectivity index (χ2v) is 4.34. The standard InChI is InChI=1S/C12H12F2N2O2/c1-6(4-15)5-16-10-8(14)3-2-7(13)9(10)11(17)12(16)18/h2-3,6H,4-5,15H2,1H3. The third kappa shape index (κ3) is 1.78. The Morgan fingerprint density at radius 1 is 1.28 bits per heavy atom. The van der Waals surface area contributed by atoms with Crippen LogP contribution in [0.1, 0.15) is 17.3 Å². The average Bonchev–Trinajstić information content (AvgIpc) is 2.60. The normalized spacial score (nSPS) is 16.1. The van der Waals surface area contributed by atoms with Crippen molar-refractivity contribution in [2.75, 3.05) is 18.0 Å². The van der Waals surface area contributed by atoms with E-state index in [1.54, 1.807) is 6.92 Å². The van der Waals surface area contributed by atoms with Gasteiger partial charge in [0.15, 0.2) is 0 Å². The first-order chi connectivity index (χ1) is 8.47. The van der Waals surface area contributed by atoms with Crippen molar-refractivity contribution >= 4 is 17.4 Å². The molecule has 18 heavy (non-hydrogen) atoms. The van der Waals surface area contributed by atoms with Gasteiger partial charge in [0, 0.05) is 6.54 Å². The van der Waals surface area contributed by atoms with Crippen molar-refractivity contribution in [1.29, 1.82) is 0 Å². The van der Waals surface area contributed by atoms with Gasteiger partial charge in [-0.3, -0.25) is 9.59 Å². The van der Waals surface area contributed by atoms with E-state index in [0.29, 0.717) is 0 Å². The molecule has 1 atom stereocenters. The summed E-state index contributed by atoms with van der Waals surface area (Å²) in [4.78, 5) is 24.3. The summed E-state index contributed by atoms with van der Waals surface area (Å²) < 4.78 is 27.2. The van der Waals surface area contributed by atoms with E-state index >= 15 is 0 Å². The summed E-state index contributed by atoms with van der Waals surface area (Å²) in [5, 5.41) is 0. The molecule has 1 aliphatic heterocycles. The monoisotopic (exact) mass is 254 g/mol. The predicted molar refractivity (Wildman–Crippen MR) is 61.3 cm³/mol. The van der Waals surface area contributed by atoms with E-state index < -0.39 is 28.9 Å². The van der Waals surface area contributed by atoms with Gasteiger partial charge in [0.1, 0.15) is 11.6 Å². The number of carbonyl (C=O) groups is 2. The fourth-order valence-electron chi connectivity index (χ4n) is 1.91. The Labute approximate surface area is 102 Å².